The Labute approximate surface area is 241 Å². The van der Waals surface area contributed by atoms with Crippen LogP contribution in [-0.2, 0) is 0 Å². The summed E-state index contributed by atoms with van der Waals surface area (Å²) in [7, 11) is 1.54. The van der Waals surface area contributed by atoms with E-state index in [1.165, 1.54) is 18.2 Å². The highest BCUT2D eigenvalue weighted by Gasteiger charge is 2.71. The first-order valence-electron chi connectivity index (χ1n) is 13.5. The standard InChI is InChI=1S/C34H24N2O6/c1-42-24-16-13-21(14-17-24)29-30(31(37)22-8-6-9-23(19-22)36(40)41)35-27-12-5-2-7-20(27)15-18-28(35)34(29)32(38)25-10-3-4-11-26(25)33(34)39/h2-19,28-30H,1H3/t28-,29+,30-/m1/s1. The van der Waals surface area contributed by atoms with Gasteiger partial charge in [0.05, 0.1) is 18.1 Å². The zero-order valence-electron chi connectivity index (χ0n) is 22.5. The highest BCUT2D eigenvalue weighted by molar-refractivity contribution is 6.32. The summed E-state index contributed by atoms with van der Waals surface area (Å²) < 4.78 is 5.38. The van der Waals surface area contributed by atoms with Gasteiger partial charge in [-0.3, -0.25) is 24.5 Å². The molecule has 1 aliphatic carbocycles. The normalized spacial score (nSPS) is 21.2. The molecule has 0 bridgehead atoms. The number of carbonyl (C=O) groups is 3. The molecule has 0 amide bonds. The molecule has 206 valence electrons. The number of nitro groups is 1. The first kappa shape index (κ1) is 25.6. The molecule has 0 aromatic heterocycles. The lowest BCUT2D eigenvalue weighted by atomic mass is 9.64. The van der Waals surface area contributed by atoms with Crippen LogP contribution in [0, 0.1) is 15.5 Å². The smallest absolute Gasteiger partial charge is 0.270 e. The van der Waals surface area contributed by atoms with Gasteiger partial charge < -0.3 is 9.64 Å². The van der Waals surface area contributed by atoms with Gasteiger partial charge in [-0.1, -0.05) is 78.9 Å². The van der Waals surface area contributed by atoms with E-state index in [2.05, 4.69) is 0 Å². The van der Waals surface area contributed by atoms with Crippen molar-refractivity contribution >= 4 is 34.8 Å². The number of carbonyl (C=O) groups excluding carboxylic acids is 3. The SMILES string of the molecule is COc1ccc([C@H]2[C@H](C(=O)c3cccc([N+](=O)[O-])c3)N3c4ccccc4C=C[C@@H]3C23C(=O)c2ccccc2C3=O)cc1. The number of methoxy groups -OCH3 is 1. The Morgan fingerprint density at radius 3 is 2.21 bits per heavy atom. The highest BCUT2D eigenvalue weighted by atomic mass is 16.6. The number of ether oxygens (including phenoxy) is 1. The number of para-hydroxylation sites is 1. The lowest BCUT2D eigenvalue weighted by molar-refractivity contribution is -0.384. The number of benzene rings is 4. The van der Waals surface area contributed by atoms with Gasteiger partial charge in [0, 0.05) is 40.4 Å². The van der Waals surface area contributed by atoms with E-state index >= 15 is 0 Å². The van der Waals surface area contributed by atoms with E-state index in [-0.39, 0.29) is 22.8 Å². The quantitative estimate of drug-likeness (QED) is 0.130. The average molecular weight is 557 g/mol. The Kier molecular flexibility index (Phi) is 5.69. The molecule has 8 nitrogen and oxygen atoms in total. The van der Waals surface area contributed by atoms with Crippen molar-refractivity contribution in [3.63, 3.8) is 0 Å². The zero-order valence-corrected chi connectivity index (χ0v) is 22.5. The number of non-ortho nitro benzene ring substituents is 1. The first-order chi connectivity index (χ1) is 20.4. The van der Waals surface area contributed by atoms with E-state index < -0.39 is 34.1 Å². The molecule has 42 heavy (non-hydrogen) atoms. The van der Waals surface area contributed by atoms with Gasteiger partial charge in [0.2, 0.25) is 0 Å². The second-order valence-electron chi connectivity index (χ2n) is 10.7. The lowest BCUT2D eigenvalue weighted by Crippen LogP contribution is -2.48. The number of nitrogens with zero attached hydrogens (tertiary/aromatic N) is 2. The summed E-state index contributed by atoms with van der Waals surface area (Å²) in [5, 5.41) is 11.6. The summed E-state index contributed by atoms with van der Waals surface area (Å²) in [5.74, 6) is -1.41. The summed E-state index contributed by atoms with van der Waals surface area (Å²) in [4.78, 5) is 56.9. The van der Waals surface area contributed by atoms with Gasteiger partial charge in [-0.15, -0.1) is 0 Å². The fraction of sp³-hybridized carbons (Fsp3) is 0.147. The predicted octanol–water partition coefficient (Wildman–Crippen LogP) is 5.92. The summed E-state index contributed by atoms with van der Waals surface area (Å²) in [6.07, 6.45) is 3.74. The van der Waals surface area contributed by atoms with Crippen LogP contribution in [0.2, 0.25) is 0 Å². The topological polar surface area (TPSA) is 107 Å². The second kappa shape index (κ2) is 9.34. The predicted molar refractivity (Wildman–Crippen MR) is 156 cm³/mol. The van der Waals surface area contributed by atoms with E-state index in [0.717, 1.165) is 5.56 Å². The fourth-order valence-corrected chi connectivity index (χ4v) is 7.05. The minimum atomic E-state index is -1.65. The maximum Gasteiger partial charge on any atom is 0.270 e. The highest BCUT2D eigenvalue weighted by Crippen LogP contribution is 2.61. The number of nitro benzene ring substituents is 1. The van der Waals surface area contributed by atoms with Crippen molar-refractivity contribution in [2.75, 3.05) is 12.0 Å². The zero-order chi connectivity index (χ0) is 29.2. The van der Waals surface area contributed by atoms with Crippen molar-refractivity contribution in [3.05, 3.63) is 141 Å². The molecule has 0 unspecified atom stereocenters. The Bertz CT molecular complexity index is 1810. The van der Waals surface area contributed by atoms with Crippen LogP contribution >= 0.6 is 0 Å². The van der Waals surface area contributed by atoms with Crippen molar-refractivity contribution in [3.8, 4) is 5.75 Å². The van der Waals surface area contributed by atoms with Gasteiger partial charge in [-0.2, -0.15) is 0 Å². The number of ketones is 3. The van der Waals surface area contributed by atoms with Crippen LogP contribution in [0.15, 0.2) is 103 Å². The van der Waals surface area contributed by atoms with E-state index in [1.54, 1.807) is 61.7 Å². The molecule has 0 radical (unpaired) electrons. The number of hydrogen-bond acceptors (Lipinski definition) is 7. The van der Waals surface area contributed by atoms with Crippen molar-refractivity contribution in [2.45, 2.75) is 18.0 Å². The maximum absolute atomic E-state index is 14.7. The largest absolute Gasteiger partial charge is 0.497 e. The van der Waals surface area contributed by atoms with Crippen LogP contribution in [0.25, 0.3) is 6.08 Å². The van der Waals surface area contributed by atoms with Gasteiger partial charge in [-0.05, 0) is 29.3 Å². The summed E-state index contributed by atoms with van der Waals surface area (Å²) in [5.41, 5.74) is 1.09. The van der Waals surface area contributed by atoms with Crippen LogP contribution in [0.3, 0.4) is 0 Å². The van der Waals surface area contributed by atoms with E-state index in [1.807, 2.05) is 41.3 Å². The van der Waals surface area contributed by atoms with Crippen molar-refractivity contribution < 1.29 is 24.0 Å². The first-order valence-corrected chi connectivity index (χ1v) is 13.5. The van der Waals surface area contributed by atoms with Gasteiger partial charge in [0.1, 0.15) is 17.2 Å². The molecule has 1 saturated heterocycles. The molecule has 1 fully saturated rings. The molecule has 3 atom stereocenters. The lowest BCUT2D eigenvalue weighted by Gasteiger charge is -2.37. The molecule has 8 heteroatoms. The van der Waals surface area contributed by atoms with Crippen molar-refractivity contribution in [2.24, 2.45) is 5.41 Å². The fourth-order valence-electron chi connectivity index (χ4n) is 7.05. The van der Waals surface area contributed by atoms with E-state index in [9.17, 15) is 24.5 Å². The van der Waals surface area contributed by atoms with Gasteiger partial charge >= 0.3 is 0 Å². The Morgan fingerprint density at radius 2 is 1.55 bits per heavy atom. The Morgan fingerprint density at radius 1 is 0.881 bits per heavy atom. The van der Waals surface area contributed by atoms with Crippen molar-refractivity contribution in [1.29, 1.82) is 0 Å². The number of rotatable bonds is 5. The maximum atomic E-state index is 14.7. The van der Waals surface area contributed by atoms with Crippen LogP contribution in [0.4, 0.5) is 11.4 Å². The Hall–Kier alpha value is -5.37. The summed E-state index contributed by atoms with van der Waals surface area (Å²) in [6.45, 7) is 0. The molecule has 2 aliphatic heterocycles. The third-order valence-corrected chi connectivity index (χ3v) is 8.80. The Balaban J connectivity index is 1.53. The van der Waals surface area contributed by atoms with E-state index in [4.69, 9.17) is 4.74 Å². The minimum Gasteiger partial charge on any atom is -0.497 e. The van der Waals surface area contributed by atoms with Crippen LogP contribution in [0.5, 0.6) is 5.75 Å². The molecule has 7 rings (SSSR count). The molecule has 2 heterocycles. The molecule has 3 aliphatic rings. The average Bonchev–Trinajstić information content (AvgIpc) is 3.47. The molecule has 1 spiro atoms. The van der Waals surface area contributed by atoms with E-state index in [0.29, 0.717) is 28.1 Å². The van der Waals surface area contributed by atoms with Crippen LogP contribution in [0.1, 0.15) is 48.1 Å². The number of anilines is 1. The third-order valence-electron chi connectivity index (χ3n) is 8.80. The van der Waals surface area contributed by atoms with Gasteiger partial charge in [0.25, 0.3) is 5.69 Å². The van der Waals surface area contributed by atoms with Crippen molar-refractivity contribution in [1.82, 2.24) is 0 Å². The molecular weight excluding hydrogens is 532 g/mol. The number of Topliss-reactive ketones (excluding diaryl/α,β-unsaturated/α-hetero) is 3. The molecule has 4 aromatic carbocycles. The molecule has 4 aromatic rings. The minimum absolute atomic E-state index is 0.131. The van der Waals surface area contributed by atoms with Gasteiger partial charge in [0.15, 0.2) is 17.3 Å². The second-order valence-corrected chi connectivity index (χ2v) is 10.7. The third kappa shape index (κ3) is 3.38. The molecule has 0 N–H and O–H groups in total. The molecule has 0 saturated carbocycles. The van der Waals surface area contributed by atoms with Gasteiger partial charge in [-0.25, -0.2) is 0 Å². The number of fused-ring (bicyclic) bond motifs is 5. The summed E-state index contributed by atoms with van der Waals surface area (Å²) in [6, 6.07) is 25.2. The monoisotopic (exact) mass is 556 g/mol. The summed E-state index contributed by atoms with van der Waals surface area (Å²) >= 11 is 0. The molecular formula is C34H24N2O6. The number of hydrogen-bond donors (Lipinski definition) is 0. The van der Waals surface area contributed by atoms with Crippen LogP contribution < -0.4 is 9.64 Å². The van der Waals surface area contributed by atoms with Crippen LogP contribution in [-0.4, -0.2) is 41.5 Å².